The summed E-state index contributed by atoms with van der Waals surface area (Å²) >= 11 is 6.55. The van der Waals surface area contributed by atoms with Crippen molar-refractivity contribution in [3.8, 4) is 5.75 Å². The summed E-state index contributed by atoms with van der Waals surface area (Å²) in [6.45, 7) is 1.55. The first-order valence-corrected chi connectivity index (χ1v) is 10.8. The van der Waals surface area contributed by atoms with Crippen LogP contribution in [0.1, 0.15) is 44.6 Å². The lowest BCUT2D eigenvalue weighted by molar-refractivity contribution is -0.147. The molecule has 1 saturated carbocycles. The van der Waals surface area contributed by atoms with Crippen LogP contribution in [0.3, 0.4) is 0 Å². The van der Waals surface area contributed by atoms with Gasteiger partial charge in [-0.25, -0.2) is 4.99 Å². The van der Waals surface area contributed by atoms with Crippen LogP contribution >= 0.6 is 11.6 Å². The largest absolute Gasteiger partial charge is 0.482 e. The third kappa shape index (κ3) is 4.32. The molecule has 1 unspecified atom stereocenters. The molecule has 3 aliphatic rings. The summed E-state index contributed by atoms with van der Waals surface area (Å²) in [5.41, 5.74) is 1.35. The van der Waals surface area contributed by atoms with Crippen LogP contribution in [0, 0.1) is 0 Å². The predicted molar refractivity (Wildman–Crippen MR) is 113 cm³/mol. The van der Waals surface area contributed by atoms with Crippen molar-refractivity contribution in [3.63, 3.8) is 0 Å². The number of halogens is 1. The Morgan fingerprint density at radius 3 is 2.77 bits per heavy atom. The van der Waals surface area contributed by atoms with Crippen molar-refractivity contribution in [2.75, 3.05) is 13.2 Å². The Kier molecular flexibility index (Phi) is 6.04. The van der Waals surface area contributed by atoms with Gasteiger partial charge in [0.05, 0.1) is 17.3 Å². The van der Waals surface area contributed by atoms with Crippen molar-refractivity contribution in [1.29, 1.82) is 0 Å². The van der Waals surface area contributed by atoms with E-state index in [4.69, 9.17) is 16.3 Å². The van der Waals surface area contributed by atoms with Crippen LogP contribution in [-0.2, 0) is 20.9 Å². The van der Waals surface area contributed by atoms with Gasteiger partial charge in [0.2, 0.25) is 11.9 Å². The number of carbonyl (C=O) groups excluding carboxylic acids is 2. The summed E-state index contributed by atoms with van der Waals surface area (Å²) in [5.74, 6) is -0.696. The predicted octanol–water partition coefficient (Wildman–Crippen LogP) is 2.29. The molecular formula is C21H25ClN4O5. The number of carboxylic acids is 1. The number of amides is 2. The molecule has 1 aromatic rings. The molecule has 2 N–H and O–H groups in total. The molecule has 31 heavy (non-hydrogen) atoms. The molecule has 4 rings (SSSR count). The van der Waals surface area contributed by atoms with Crippen molar-refractivity contribution < 1.29 is 24.2 Å². The third-order valence-electron chi connectivity index (χ3n) is 6.08. The lowest BCUT2D eigenvalue weighted by atomic mass is 9.94. The molecule has 0 bridgehead atoms. The number of guanidine groups is 1. The van der Waals surface area contributed by atoms with E-state index in [0.717, 1.165) is 32.1 Å². The zero-order chi connectivity index (χ0) is 22.1. The van der Waals surface area contributed by atoms with Crippen LogP contribution in [0.15, 0.2) is 17.1 Å². The second-order valence-corrected chi connectivity index (χ2v) is 8.48. The monoisotopic (exact) mass is 448 g/mol. The van der Waals surface area contributed by atoms with Gasteiger partial charge in [0.25, 0.3) is 5.91 Å². The van der Waals surface area contributed by atoms with Crippen LogP contribution < -0.4 is 10.1 Å². The molecule has 0 spiro atoms. The number of carbonyl (C=O) groups is 3. The van der Waals surface area contributed by atoms with Crippen molar-refractivity contribution in [3.05, 3.63) is 22.7 Å². The summed E-state index contributed by atoms with van der Waals surface area (Å²) < 4.78 is 5.71. The number of aliphatic carboxylic acids is 1. The average molecular weight is 449 g/mol. The minimum Gasteiger partial charge on any atom is -0.482 e. The third-order valence-corrected chi connectivity index (χ3v) is 6.50. The fourth-order valence-electron chi connectivity index (χ4n) is 4.34. The van der Waals surface area contributed by atoms with Gasteiger partial charge in [-0.1, -0.05) is 30.9 Å². The highest BCUT2D eigenvalue weighted by atomic mass is 35.5. The zero-order valence-electron chi connectivity index (χ0n) is 17.3. The maximum absolute atomic E-state index is 12.8. The Morgan fingerprint density at radius 1 is 1.32 bits per heavy atom. The van der Waals surface area contributed by atoms with Crippen molar-refractivity contribution >= 4 is 41.0 Å². The standard InChI is InChI=1S/C21H25ClN4O5/c1-12-20(30)24-21-23-15-7-8-16(19(22)14(15)9-25(12)21)31-11-17(27)26(10-18(28)29)13-5-3-2-4-6-13/h7-8,12-13H,2-6,9-11H2,1H3,(H,28,29)(H,23,24,30). The van der Waals surface area contributed by atoms with Gasteiger partial charge >= 0.3 is 5.97 Å². The minimum atomic E-state index is -1.04. The normalized spacial score (nSPS) is 20.5. The number of fused-ring (bicyclic) bond motifs is 2. The maximum Gasteiger partial charge on any atom is 0.323 e. The molecule has 166 valence electrons. The van der Waals surface area contributed by atoms with Gasteiger partial charge in [-0.05, 0) is 31.9 Å². The van der Waals surface area contributed by atoms with E-state index < -0.39 is 5.97 Å². The number of aliphatic imine (C=N–C) groups is 1. The molecule has 0 aromatic heterocycles. The minimum absolute atomic E-state index is 0.0746. The van der Waals surface area contributed by atoms with Crippen LogP contribution in [0.2, 0.25) is 5.02 Å². The van der Waals surface area contributed by atoms with Gasteiger partial charge in [-0.2, -0.15) is 0 Å². The topological polar surface area (TPSA) is 112 Å². The molecule has 2 amide bonds. The first-order valence-electron chi connectivity index (χ1n) is 10.5. The van der Waals surface area contributed by atoms with Gasteiger partial charge in [0.1, 0.15) is 18.3 Å². The average Bonchev–Trinajstić information content (AvgIpc) is 3.03. The second-order valence-electron chi connectivity index (χ2n) is 8.10. The number of hydrogen-bond acceptors (Lipinski definition) is 6. The summed E-state index contributed by atoms with van der Waals surface area (Å²) in [7, 11) is 0. The van der Waals surface area contributed by atoms with E-state index in [0.29, 0.717) is 34.5 Å². The van der Waals surface area contributed by atoms with E-state index in [1.54, 1.807) is 19.1 Å². The van der Waals surface area contributed by atoms with E-state index in [1.807, 2.05) is 4.90 Å². The van der Waals surface area contributed by atoms with Gasteiger partial charge in [0.15, 0.2) is 6.61 Å². The number of rotatable bonds is 6. The molecule has 2 heterocycles. The molecule has 1 aliphatic carbocycles. The van der Waals surface area contributed by atoms with E-state index in [9.17, 15) is 19.5 Å². The van der Waals surface area contributed by atoms with Crippen LogP contribution in [0.4, 0.5) is 5.69 Å². The van der Waals surface area contributed by atoms with E-state index in [-0.39, 0.29) is 37.0 Å². The molecule has 2 fully saturated rings. The molecule has 1 saturated heterocycles. The Bertz CT molecular complexity index is 944. The lowest BCUT2D eigenvalue weighted by Gasteiger charge is -2.33. The van der Waals surface area contributed by atoms with Crippen molar-refractivity contribution in [2.45, 2.75) is 57.7 Å². The Balaban J connectivity index is 1.47. The molecule has 0 radical (unpaired) electrons. The van der Waals surface area contributed by atoms with Crippen molar-refractivity contribution in [1.82, 2.24) is 15.1 Å². The van der Waals surface area contributed by atoms with E-state index in [1.165, 1.54) is 4.90 Å². The highest BCUT2D eigenvalue weighted by Gasteiger charge is 2.37. The zero-order valence-corrected chi connectivity index (χ0v) is 18.0. The van der Waals surface area contributed by atoms with Crippen LogP contribution in [0.25, 0.3) is 0 Å². The van der Waals surface area contributed by atoms with E-state index >= 15 is 0 Å². The quantitative estimate of drug-likeness (QED) is 0.690. The molecular weight excluding hydrogens is 424 g/mol. The number of ether oxygens (including phenoxy) is 1. The number of nitrogens with zero attached hydrogens (tertiary/aromatic N) is 3. The van der Waals surface area contributed by atoms with Crippen LogP contribution in [0.5, 0.6) is 5.75 Å². The smallest absolute Gasteiger partial charge is 0.323 e. The van der Waals surface area contributed by atoms with Gasteiger partial charge < -0.3 is 19.6 Å². The summed E-state index contributed by atoms with van der Waals surface area (Å²) in [5, 5.41) is 12.3. The number of benzene rings is 1. The number of nitrogens with one attached hydrogen (secondary N) is 1. The van der Waals surface area contributed by atoms with Crippen molar-refractivity contribution in [2.24, 2.45) is 4.99 Å². The molecule has 10 heteroatoms. The second kappa shape index (κ2) is 8.74. The van der Waals surface area contributed by atoms with Gasteiger partial charge in [0, 0.05) is 11.6 Å². The Morgan fingerprint density at radius 2 is 2.06 bits per heavy atom. The fraction of sp³-hybridized carbons (Fsp3) is 0.524. The highest BCUT2D eigenvalue weighted by molar-refractivity contribution is 6.33. The summed E-state index contributed by atoms with van der Waals surface area (Å²) in [6, 6.07) is 2.94. The fourth-order valence-corrected chi connectivity index (χ4v) is 4.61. The SMILES string of the molecule is CC1C(=O)NC2=Nc3ccc(OCC(=O)N(CC(=O)O)C4CCCCC4)c(Cl)c3CN21. The van der Waals surface area contributed by atoms with Gasteiger partial charge in [-0.15, -0.1) is 0 Å². The number of hydrogen-bond donors (Lipinski definition) is 2. The number of carboxylic acid groups (broad SMARTS) is 1. The lowest BCUT2D eigenvalue weighted by Crippen LogP contribution is -2.46. The summed E-state index contributed by atoms with van der Waals surface area (Å²) in [4.78, 5) is 43.7. The molecule has 1 atom stereocenters. The molecule has 2 aliphatic heterocycles. The molecule has 1 aromatic carbocycles. The first-order chi connectivity index (χ1) is 14.8. The van der Waals surface area contributed by atoms with E-state index in [2.05, 4.69) is 10.3 Å². The van der Waals surface area contributed by atoms with Crippen LogP contribution in [-0.4, -0.2) is 63.9 Å². The Labute approximate surface area is 185 Å². The Hall–Kier alpha value is -2.81. The summed E-state index contributed by atoms with van der Waals surface area (Å²) in [6.07, 6.45) is 4.69. The first kappa shape index (κ1) is 21.4. The molecule has 9 nitrogen and oxygen atoms in total. The maximum atomic E-state index is 12.8. The highest BCUT2D eigenvalue weighted by Crippen LogP contribution is 2.39. The van der Waals surface area contributed by atoms with Gasteiger partial charge in [-0.3, -0.25) is 19.7 Å².